The molecular weight excluding hydrogens is 1480 g/mol. The first-order valence-electron chi connectivity index (χ1n) is 44.3. The van der Waals surface area contributed by atoms with Crippen LogP contribution in [0.5, 0.6) is 5.75 Å². The number of carbonyl (C=O) groups excluding carboxylic acids is 1. The fourth-order valence-corrected chi connectivity index (χ4v) is 22.2. The molecule has 0 amide bonds. The van der Waals surface area contributed by atoms with Crippen LogP contribution in [0.15, 0.2) is 71.2 Å². The Morgan fingerprint density at radius 2 is 0.878 bits per heavy atom. The number of hydrogen-bond acceptors (Lipinski definition) is 27. The number of ketones is 1. The first-order chi connectivity index (χ1) is 56.1. The maximum absolute atomic E-state index is 11.6. The smallest absolute Gasteiger partial charge is 0.191 e. The van der Waals surface area contributed by atoms with Gasteiger partial charge in [-0.25, -0.2) is 9.67 Å². The van der Waals surface area contributed by atoms with Crippen molar-refractivity contribution in [3.05, 3.63) is 104 Å². The maximum atomic E-state index is 11.6. The third kappa shape index (κ3) is 24.3. The number of allylic oxidation sites excluding steroid dienone is 4. The van der Waals surface area contributed by atoms with Crippen molar-refractivity contribution < 1.29 is 9.90 Å². The summed E-state index contributed by atoms with van der Waals surface area (Å²) in [7, 11) is 19.2. The number of hydrogen-bond donors (Lipinski definition) is 2. The van der Waals surface area contributed by atoms with Crippen LogP contribution in [0.25, 0.3) is 0 Å². The number of aromatic amines is 1. The lowest BCUT2D eigenvalue weighted by Gasteiger charge is -2.38. The summed E-state index contributed by atoms with van der Waals surface area (Å²) in [5.74, 6) is 4.46. The molecular formula is C85H140N26O2S2. The zero-order valence-corrected chi connectivity index (χ0v) is 72.9. The minimum absolute atomic E-state index is 0.335. The molecule has 0 saturated carbocycles. The molecule has 12 aliphatic heterocycles. The van der Waals surface area contributed by atoms with Gasteiger partial charge in [-0.2, -0.15) is 10.0 Å². The highest BCUT2D eigenvalue weighted by Crippen LogP contribution is 2.42. The molecule has 19 rings (SSSR count). The fourth-order valence-electron chi connectivity index (χ4n) is 20.6. The monoisotopic (exact) mass is 1620 g/mol. The van der Waals surface area contributed by atoms with E-state index in [2.05, 4.69) is 193 Å². The minimum Gasteiger partial charge on any atom is -0.506 e. The minimum atomic E-state index is 0.335. The highest BCUT2D eigenvalue weighted by molar-refractivity contribution is 7.10. The van der Waals surface area contributed by atoms with Crippen LogP contribution in [-0.2, 0) is 18.9 Å². The van der Waals surface area contributed by atoms with Crippen LogP contribution in [0.1, 0.15) is 230 Å². The van der Waals surface area contributed by atoms with E-state index in [9.17, 15) is 9.90 Å². The van der Waals surface area contributed by atoms with Crippen LogP contribution in [0.3, 0.4) is 0 Å². The molecule has 13 aliphatic rings. The number of aromatic hydroxyl groups is 1. The molecule has 2 N–H and O–H groups in total. The van der Waals surface area contributed by atoms with E-state index in [1.165, 1.54) is 232 Å². The summed E-state index contributed by atoms with van der Waals surface area (Å²) in [5.41, 5.74) is 1.95. The average Bonchev–Trinajstić information content (AvgIpc) is 1.77. The normalized spacial score (nSPS) is 27.1. The number of nitrogens with one attached hydrogen (secondary N) is 1. The molecule has 0 spiro atoms. The van der Waals surface area contributed by atoms with E-state index in [1.54, 1.807) is 28.0 Å². The number of thiazole rings is 1. The van der Waals surface area contributed by atoms with Gasteiger partial charge in [-0.3, -0.25) is 34.3 Å². The van der Waals surface area contributed by atoms with Crippen molar-refractivity contribution in [1.82, 2.24) is 130 Å². The van der Waals surface area contributed by atoms with Crippen molar-refractivity contribution in [1.29, 1.82) is 0 Å². The molecule has 6 aromatic rings. The fraction of sp³-hybridized carbons (Fsp3) is 0.765. The summed E-state index contributed by atoms with van der Waals surface area (Å²) in [6.07, 6.45) is 40.5. The van der Waals surface area contributed by atoms with Gasteiger partial charge in [-0.05, 0) is 378 Å². The lowest BCUT2D eigenvalue weighted by Crippen LogP contribution is -2.43. The molecule has 1 aliphatic carbocycles. The van der Waals surface area contributed by atoms with Gasteiger partial charge in [-0.1, -0.05) is 29.5 Å². The summed E-state index contributed by atoms with van der Waals surface area (Å²) < 4.78 is 1.83. The van der Waals surface area contributed by atoms with Gasteiger partial charge in [0.15, 0.2) is 23.3 Å². The molecule has 3 unspecified atom stereocenters. The Kier molecular flexibility index (Phi) is 33.2. The van der Waals surface area contributed by atoms with Crippen molar-refractivity contribution in [2.75, 3.05) is 174 Å². The number of H-pyrrole nitrogens is 1. The van der Waals surface area contributed by atoms with Crippen LogP contribution < -0.4 is 0 Å². The molecule has 5 atom stereocenters. The second-order valence-electron chi connectivity index (χ2n) is 35.3. The molecule has 6 aromatic heterocycles. The van der Waals surface area contributed by atoms with E-state index in [0.717, 1.165) is 98.7 Å². The molecule has 115 heavy (non-hydrogen) atoms. The number of likely N-dealkylation sites (tertiary alicyclic amines) is 12. The molecule has 28 nitrogen and oxygen atoms in total. The van der Waals surface area contributed by atoms with E-state index in [-0.39, 0.29) is 0 Å². The zero-order valence-electron chi connectivity index (χ0n) is 71.2. The van der Waals surface area contributed by atoms with Gasteiger partial charge in [0, 0.05) is 78.3 Å². The number of carbonyl (C=O) groups is 1. The molecule has 0 aromatic carbocycles. The summed E-state index contributed by atoms with van der Waals surface area (Å²) in [6.45, 7) is 22.9. The third-order valence-electron chi connectivity index (χ3n) is 27.4. The number of aryl methyl sites for hydroxylation is 2. The number of piperidine rings is 7. The predicted octanol–water partition coefficient (Wildman–Crippen LogP) is 10.0. The van der Waals surface area contributed by atoms with Crippen molar-refractivity contribution >= 4 is 28.5 Å². The van der Waals surface area contributed by atoms with Gasteiger partial charge in [0.25, 0.3) is 0 Å². The van der Waals surface area contributed by atoms with Crippen molar-refractivity contribution in [2.45, 2.75) is 227 Å². The first kappa shape index (κ1) is 87.0. The van der Waals surface area contributed by atoms with E-state index in [1.807, 2.05) is 65.9 Å². The van der Waals surface area contributed by atoms with Crippen molar-refractivity contribution in [3.63, 3.8) is 0 Å². The number of tetrazole rings is 3. The largest absolute Gasteiger partial charge is 0.506 e. The Hall–Kier alpha value is -5.84. The molecule has 18 heterocycles. The zero-order chi connectivity index (χ0) is 80.0. The standard InChI is InChI=1S/C14H22N2S.C13H21N3S.2C12H22N6.C12H17NO.C11H20N6.C11H16N2O/c1-15-9-6-12(7-10-15)16-8-2-4-13(16)14-5-3-11-17-14;1-15-8-4-11(5-9-15)16-7-2-3-12(16)13-14-6-10-17-13;1-16-8-5-10(6-9-16)18-7-3-4-11(18)12-13-14-15-17(12)2;1-16-8-5-10(6-9-16)18-7-3-4-11(18)12-13-15-17(2)14-12;1-13-8-6-10(7-9-13)11-4-2-3-5-12(11)14;1-16-7-4-9(5-8-16)17-6-2-3-10(17)11-12-14-15-13-11;1-13-7-4-9(5-8-13)11-10(14)3-2-6-12-11/h3,5,11-13H,2,4,6-10H2,1H3;6,10-12H,2-5,7-9H2,1H3;2*10-11H,3-9H2,1-2H3;2-4,10H,5-9H2,1H3;9-10H,2-8H2,1H3,(H,12,13,14,15);2-3,6,9,14H,4-5,7-8H2,1H3/t13-;12-;;;;;/m11...../s1. The van der Waals surface area contributed by atoms with Crippen LogP contribution in [-0.4, -0.2) is 345 Å². The molecule has 12 fully saturated rings. The maximum Gasteiger partial charge on any atom is 0.191 e. The highest BCUT2D eigenvalue weighted by Gasteiger charge is 2.41. The Bertz CT molecular complexity index is 3620. The van der Waals surface area contributed by atoms with Crippen LogP contribution in [0.2, 0.25) is 0 Å². The molecule has 0 bridgehead atoms. The summed E-state index contributed by atoms with van der Waals surface area (Å²) in [6, 6.07) is 14.3. The molecule has 0 radical (unpaired) electrons. The third-order valence-corrected chi connectivity index (χ3v) is 29.3. The van der Waals surface area contributed by atoms with Gasteiger partial charge in [0.1, 0.15) is 10.8 Å². The first-order valence-corrected chi connectivity index (χ1v) is 46.1. The van der Waals surface area contributed by atoms with Gasteiger partial charge >= 0.3 is 0 Å². The Labute approximate surface area is 694 Å². The van der Waals surface area contributed by atoms with Gasteiger partial charge in [0.2, 0.25) is 0 Å². The van der Waals surface area contributed by atoms with Gasteiger partial charge in [-0.15, -0.1) is 48.2 Å². The Morgan fingerprint density at radius 3 is 1.30 bits per heavy atom. The van der Waals surface area contributed by atoms with Crippen molar-refractivity contribution in [2.24, 2.45) is 20.0 Å². The molecule has 12 saturated heterocycles. The van der Waals surface area contributed by atoms with E-state index >= 15 is 0 Å². The highest BCUT2D eigenvalue weighted by atomic mass is 32.1. The lowest BCUT2D eigenvalue weighted by molar-refractivity contribution is -0.115. The number of thiophene rings is 1. The van der Waals surface area contributed by atoms with Gasteiger partial charge < -0.3 is 39.4 Å². The summed E-state index contributed by atoms with van der Waals surface area (Å²) in [4.78, 5) is 53.8. The lowest BCUT2D eigenvalue weighted by atomic mass is 9.84. The number of aromatic nitrogens is 14. The van der Waals surface area contributed by atoms with Crippen LogP contribution in [0.4, 0.5) is 0 Å². The van der Waals surface area contributed by atoms with Gasteiger partial charge in [0.05, 0.1) is 36.9 Å². The van der Waals surface area contributed by atoms with Crippen LogP contribution >= 0.6 is 22.7 Å². The second-order valence-corrected chi connectivity index (χ2v) is 37.3. The van der Waals surface area contributed by atoms with E-state index < -0.39 is 0 Å². The number of Topliss-reactive ketones (excluding diaryl/α,β-unsaturated/α-hetero) is 1. The van der Waals surface area contributed by atoms with Crippen molar-refractivity contribution in [3.8, 4) is 5.75 Å². The number of pyridine rings is 1. The Balaban J connectivity index is 0.000000117. The SMILES string of the molecule is CN1CCC(C2=CC=CCC2=O)CC1.CN1CCC(N2CCCC2c2nn[nH]n2)CC1.CN1CCC(N2CCCC2c2nnn(C)n2)CC1.CN1CCC(N2CCCC2c2nnnn2C)CC1.CN1CCC(N2CCC[C@@H]2c2cccs2)CC1.CN1CCC(N2CCC[C@@H]2c2nccs2)CC1.CN1CCC(c2ncccc2O)CC1. The number of nitrogens with zero attached hydrogens (tertiary/aromatic N) is 25. The van der Waals surface area contributed by atoms with E-state index in [0.29, 0.717) is 72.1 Å². The molecule has 634 valence electrons. The topological polar surface area (TPSA) is 244 Å². The Morgan fingerprint density at radius 1 is 0.426 bits per heavy atom. The average molecular weight is 1620 g/mol. The second kappa shape index (κ2) is 43.9. The summed E-state index contributed by atoms with van der Waals surface area (Å²) >= 11 is 3.76. The molecule has 30 heteroatoms. The van der Waals surface area contributed by atoms with Crippen LogP contribution in [0, 0.1) is 5.92 Å². The van der Waals surface area contributed by atoms with E-state index in [4.69, 9.17) is 0 Å². The number of rotatable bonds is 12. The quantitative estimate of drug-likeness (QED) is 0.116. The summed E-state index contributed by atoms with van der Waals surface area (Å²) in [5, 5.41) is 54.4. The predicted molar refractivity (Wildman–Crippen MR) is 457 cm³/mol.